The normalized spacial score (nSPS) is 15.7. The minimum atomic E-state index is -6.88. The molecule has 0 fully saturated rings. The SMILES string of the molecule is CC(SCCCC(F)(F)C(F)(F)C(F)(F)C(F)(F)F)C(=O)O. The van der Waals surface area contributed by atoms with Crippen molar-refractivity contribution < 1.29 is 49.4 Å². The van der Waals surface area contributed by atoms with Gasteiger partial charge in [-0.1, -0.05) is 0 Å². The third kappa shape index (κ3) is 4.35. The van der Waals surface area contributed by atoms with E-state index in [0.717, 1.165) is 6.92 Å². The van der Waals surface area contributed by atoms with Crippen molar-refractivity contribution in [3.05, 3.63) is 0 Å². The summed E-state index contributed by atoms with van der Waals surface area (Å²) in [5, 5.41) is 7.39. The van der Waals surface area contributed by atoms with Gasteiger partial charge >= 0.3 is 29.9 Å². The van der Waals surface area contributed by atoms with E-state index in [-0.39, 0.29) is 0 Å². The highest BCUT2D eigenvalue weighted by Gasteiger charge is 2.81. The molecular weight excluding hydrogens is 355 g/mol. The Bertz CT molecular complexity index is 394. The highest BCUT2D eigenvalue weighted by molar-refractivity contribution is 8.00. The van der Waals surface area contributed by atoms with Crippen LogP contribution < -0.4 is 0 Å². The lowest BCUT2D eigenvalue weighted by atomic mass is 10.00. The minimum absolute atomic E-state index is 0.420. The number of carboxylic acids is 1. The van der Waals surface area contributed by atoms with Crippen LogP contribution in [0.3, 0.4) is 0 Å². The average Bonchev–Trinajstić information content (AvgIpc) is 2.32. The molecule has 0 aromatic carbocycles. The van der Waals surface area contributed by atoms with Crippen LogP contribution >= 0.6 is 11.8 Å². The summed E-state index contributed by atoms with van der Waals surface area (Å²) >= 11 is 0.561. The van der Waals surface area contributed by atoms with Crippen LogP contribution in [-0.4, -0.2) is 46.0 Å². The van der Waals surface area contributed by atoms with Crippen LogP contribution in [-0.2, 0) is 4.79 Å². The molecule has 1 unspecified atom stereocenters. The fourth-order valence-electron chi connectivity index (χ4n) is 1.19. The molecule has 0 radical (unpaired) electrons. The summed E-state index contributed by atoms with van der Waals surface area (Å²) in [6.07, 6.45) is -9.63. The van der Waals surface area contributed by atoms with Crippen molar-refractivity contribution in [3.63, 3.8) is 0 Å². The molecule has 0 aliphatic carbocycles. The minimum Gasteiger partial charge on any atom is -0.480 e. The van der Waals surface area contributed by atoms with Crippen LogP contribution in [0, 0.1) is 0 Å². The number of alkyl halides is 9. The molecule has 0 saturated heterocycles. The number of hydrogen-bond acceptors (Lipinski definition) is 2. The number of halogens is 9. The number of carbonyl (C=O) groups is 1. The summed E-state index contributed by atoms with van der Waals surface area (Å²) in [4.78, 5) is 10.4. The smallest absolute Gasteiger partial charge is 0.460 e. The van der Waals surface area contributed by atoms with Crippen molar-refractivity contribution in [3.8, 4) is 0 Å². The van der Waals surface area contributed by atoms with E-state index < -0.39 is 53.8 Å². The van der Waals surface area contributed by atoms with Gasteiger partial charge in [0, 0.05) is 6.42 Å². The number of hydrogen-bond donors (Lipinski definition) is 1. The van der Waals surface area contributed by atoms with E-state index in [0.29, 0.717) is 11.8 Å². The lowest BCUT2D eigenvalue weighted by Crippen LogP contribution is -2.60. The zero-order valence-corrected chi connectivity index (χ0v) is 11.7. The molecule has 0 saturated carbocycles. The molecule has 1 N–H and O–H groups in total. The lowest BCUT2D eigenvalue weighted by molar-refractivity contribution is -0.396. The van der Waals surface area contributed by atoms with Gasteiger partial charge in [-0.15, -0.1) is 11.8 Å². The second-order valence-corrected chi connectivity index (χ2v) is 5.75. The maximum atomic E-state index is 13.1. The van der Waals surface area contributed by atoms with E-state index in [1.807, 2.05) is 0 Å². The van der Waals surface area contributed by atoms with Gasteiger partial charge in [-0.3, -0.25) is 4.79 Å². The molecular formula is C10H11F9O2S. The standard InChI is InChI=1S/C10H11F9O2S/c1-5(6(20)21)22-4-2-3-7(11,12)8(13,14)9(15,16)10(17,18)19/h5H,2-4H2,1H3,(H,20,21). The van der Waals surface area contributed by atoms with Gasteiger partial charge in [-0.05, 0) is 19.1 Å². The van der Waals surface area contributed by atoms with Crippen LogP contribution in [0.2, 0.25) is 0 Å². The first-order valence-corrected chi connectivity index (χ1v) is 6.67. The van der Waals surface area contributed by atoms with Gasteiger partial charge in [-0.25, -0.2) is 0 Å². The number of carboxylic acid groups (broad SMARTS) is 1. The van der Waals surface area contributed by atoms with Crippen LogP contribution in [0.15, 0.2) is 0 Å². The van der Waals surface area contributed by atoms with Crippen LogP contribution in [0.4, 0.5) is 39.5 Å². The molecule has 0 spiro atoms. The third-order valence-electron chi connectivity index (χ3n) is 2.56. The molecule has 0 aromatic rings. The largest absolute Gasteiger partial charge is 0.480 e. The molecule has 0 rings (SSSR count). The second kappa shape index (κ2) is 6.75. The number of aliphatic carboxylic acids is 1. The Morgan fingerprint density at radius 3 is 1.82 bits per heavy atom. The Morgan fingerprint density at radius 1 is 1.00 bits per heavy atom. The average molecular weight is 366 g/mol. The third-order valence-corrected chi connectivity index (χ3v) is 3.79. The molecule has 1 atom stereocenters. The first-order valence-electron chi connectivity index (χ1n) is 5.62. The van der Waals surface area contributed by atoms with Crippen molar-refractivity contribution in [2.75, 3.05) is 5.75 Å². The fraction of sp³-hybridized carbons (Fsp3) is 0.900. The van der Waals surface area contributed by atoms with Gasteiger partial charge in [0.25, 0.3) is 0 Å². The van der Waals surface area contributed by atoms with Gasteiger partial charge in [0.1, 0.15) is 0 Å². The second-order valence-electron chi connectivity index (χ2n) is 4.31. The van der Waals surface area contributed by atoms with Crippen LogP contribution in [0.25, 0.3) is 0 Å². The molecule has 0 amide bonds. The maximum Gasteiger partial charge on any atom is 0.460 e. The van der Waals surface area contributed by atoms with E-state index in [1.54, 1.807) is 0 Å². The maximum absolute atomic E-state index is 13.1. The Balaban J connectivity index is 4.82. The first kappa shape index (κ1) is 21.2. The van der Waals surface area contributed by atoms with Crippen molar-refractivity contribution in [2.45, 2.75) is 49.0 Å². The van der Waals surface area contributed by atoms with E-state index in [1.165, 1.54) is 0 Å². The van der Waals surface area contributed by atoms with Gasteiger partial charge in [-0.2, -0.15) is 39.5 Å². The first-order chi connectivity index (χ1) is 9.58. The summed E-state index contributed by atoms with van der Waals surface area (Å²) in [6.45, 7) is 1.16. The Kier molecular flexibility index (Phi) is 6.50. The summed E-state index contributed by atoms with van der Waals surface area (Å²) in [5.74, 6) is -20.8. The molecule has 2 nitrogen and oxygen atoms in total. The quantitative estimate of drug-likeness (QED) is 0.510. The van der Waals surface area contributed by atoms with Crippen molar-refractivity contribution in [1.29, 1.82) is 0 Å². The molecule has 0 aromatic heterocycles. The summed E-state index contributed by atoms with van der Waals surface area (Å²) in [5.41, 5.74) is 0. The topological polar surface area (TPSA) is 37.3 Å². The van der Waals surface area contributed by atoms with E-state index in [9.17, 15) is 44.3 Å². The lowest BCUT2D eigenvalue weighted by Gasteiger charge is -2.33. The molecule has 12 heteroatoms. The zero-order valence-electron chi connectivity index (χ0n) is 10.9. The van der Waals surface area contributed by atoms with Crippen molar-refractivity contribution in [1.82, 2.24) is 0 Å². The fourth-order valence-corrected chi connectivity index (χ4v) is 2.00. The van der Waals surface area contributed by atoms with E-state index >= 15 is 0 Å². The van der Waals surface area contributed by atoms with Crippen LogP contribution in [0.5, 0.6) is 0 Å². The summed E-state index contributed by atoms with van der Waals surface area (Å²) < 4.78 is 112. The number of rotatable bonds is 8. The van der Waals surface area contributed by atoms with Crippen molar-refractivity contribution in [2.24, 2.45) is 0 Å². The monoisotopic (exact) mass is 366 g/mol. The summed E-state index contributed by atoms with van der Waals surface area (Å²) in [6, 6.07) is 0. The van der Waals surface area contributed by atoms with Gasteiger partial charge in [0.2, 0.25) is 0 Å². The summed E-state index contributed by atoms with van der Waals surface area (Å²) in [7, 11) is 0. The van der Waals surface area contributed by atoms with Crippen molar-refractivity contribution >= 4 is 17.7 Å². The molecule has 0 aliphatic rings. The molecule has 22 heavy (non-hydrogen) atoms. The predicted molar refractivity (Wildman–Crippen MR) is 59.7 cm³/mol. The molecule has 0 aliphatic heterocycles. The molecule has 0 heterocycles. The van der Waals surface area contributed by atoms with Gasteiger partial charge in [0.05, 0.1) is 5.25 Å². The van der Waals surface area contributed by atoms with E-state index in [2.05, 4.69) is 0 Å². The highest BCUT2D eigenvalue weighted by Crippen LogP contribution is 2.54. The van der Waals surface area contributed by atoms with E-state index in [4.69, 9.17) is 5.11 Å². The molecule has 132 valence electrons. The van der Waals surface area contributed by atoms with Gasteiger partial charge < -0.3 is 5.11 Å². The Labute approximate surface area is 123 Å². The predicted octanol–water partition coefficient (Wildman–Crippen LogP) is 4.44. The zero-order chi connectivity index (χ0) is 18.0. The molecule has 0 bridgehead atoms. The Hall–Kier alpha value is -0.810. The van der Waals surface area contributed by atoms with Gasteiger partial charge in [0.15, 0.2) is 0 Å². The Morgan fingerprint density at radius 2 is 1.45 bits per heavy atom. The number of thioether (sulfide) groups is 1. The van der Waals surface area contributed by atoms with Crippen LogP contribution in [0.1, 0.15) is 19.8 Å². The highest BCUT2D eigenvalue weighted by atomic mass is 32.2.